The van der Waals surface area contributed by atoms with Gasteiger partial charge in [0.1, 0.15) is 12.7 Å². The Hall–Kier alpha value is -2.22. The summed E-state index contributed by atoms with van der Waals surface area (Å²) in [6.45, 7) is 8.26. The van der Waals surface area contributed by atoms with Gasteiger partial charge in [0.05, 0.1) is 23.2 Å². The molecule has 5 aliphatic rings. The fourth-order valence-electron chi connectivity index (χ4n) is 12.5. The second-order valence-electron chi connectivity index (χ2n) is 18.1. The van der Waals surface area contributed by atoms with Crippen LogP contribution in [-0.4, -0.2) is 57.8 Å². The first-order valence-corrected chi connectivity index (χ1v) is 20.5. The Balaban J connectivity index is 1.34. The maximum Gasteiger partial charge on any atom is 0.331 e. The molecule has 1 aliphatic heterocycles. The number of aliphatic hydroxyl groups excluding tert-OH is 2. The largest absolute Gasteiger partial charge is 0.462 e. The van der Waals surface area contributed by atoms with Crippen LogP contribution in [0.25, 0.3) is 0 Å². The van der Waals surface area contributed by atoms with Crippen LogP contribution in [0.4, 0.5) is 0 Å². The minimum atomic E-state index is -1.46. The Bertz CT molecular complexity index is 1370. The summed E-state index contributed by atoms with van der Waals surface area (Å²) < 4.78 is 11.5. The first-order chi connectivity index (χ1) is 24.3. The summed E-state index contributed by atoms with van der Waals surface area (Å²) >= 11 is 0. The van der Waals surface area contributed by atoms with E-state index in [-0.39, 0.29) is 29.9 Å². The Kier molecular flexibility index (Phi) is 11.8. The molecular formula is C44H66O7. The highest BCUT2D eigenvalue weighted by Crippen LogP contribution is 2.70. The summed E-state index contributed by atoms with van der Waals surface area (Å²) in [6.07, 6.45) is 15.7. The fourth-order valence-corrected chi connectivity index (χ4v) is 12.5. The number of fused-ring (bicyclic) bond motifs is 1. The molecule has 0 bridgehead atoms. The van der Waals surface area contributed by atoms with Crippen LogP contribution in [0.3, 0.4) is 0 Å². The molecule has 9 unspecified atom stereocenters. The third-order valence-electron chi connectivity index (χ3n) is 15.3. The summed E-state index contributed by atoms with van der Waals surface area (Å²) in [5, 5.41) is 38.8. The normalized spacial score (nSPS) is 36.3. The van der Waals surface area contributed by atoms with Crippen molar-refractivity contribution >= 4 is 11.9 Å². The molecule has 0 amide bonds. The summed E-state index contributed by atoms with van der Waals surface area (Å²) in [5.74, 6) is -0.781. The number of hydrogen-bond donors (Lipinski definition) is 3. The number of carbonyl (C=O) groups excluding carboxylic acids is 2. The van der Waals surface area contributed by atoms with Crippen LogP contribution < -0.4 is 0 Å². The van der Waals surface area contributed by atoms with Crippen LogP contribution in [-0.2, 0) is 25.5 Å². The molecule has 4 saturated carbocycles. The third kappa shape index (κ3) is 7.47. The highest BCUT2D eigenvalue weighted by atomic mass is 16.5. The van der Waals surface area contributed by atoms with Crippen LogP contribution in [0, 0.1) is 39.9 Å². The van der Waals surface area contributed by atoms with E-state index in [0.29, 0.717) is 49.4 Å². The zero-order chi connectivity index (χ0) is 36.4. The summed E-state index contributed by atoms with van der Waals surface area (Å²) in [5.41, 5.74) is -0.493. The van der Waals surface area contributed by atoms with Crippen LogP contribution in [0.2, 0.25) is 0 Å². The molecule has 1 aromatic rings. The lowest BCUT2D eigenvalue weighted by atomic mass is 9.37. The quantitative estimate of drug-likeness (QED) is 0.177. The van der Waals surface area contributed by atoms with Crippen molar-refractivity contribution in [3.63, 3.8) is 0 Å². The van der Waals surface area contributed by atoms with Crippen molar-refractivity contribution in [2.24, 2.45) is 39.9 Å². The van der Waals surface area contributed by atoms with Crippen LogP contribution in [0.15, 0.2) is 42.0 Å². The SMILES string of the molecule is CC(=O)OC1CC(C)C(O)(CCC2=CC(=O)OC2)C2(C(O)CCC(C)CCCc3ccccc3)C(O)CCC(C)(C3CCC4(CCCC4)CC3)C12. The second kappa shape index (κ2) is 15.6. The maximum atomic E-state index is 13.4. The van der Waals surface area contributed by atoms with Gasteiger partial charge < -0.3 is 24.8 Å². The van der Waals surface area contributed by atoms with Crippen molar-refractivity contribution in [1.82, 2.24) is 0 Å². The van der Waals surface area contributed by atoms with Gasteiger partial charge in [-0.05, 0) is 136 Å². The van der Waals surface area contributed by atoms with E-state index in [4.69, 9.17) is 9.47 Å². The molecule has 4 fully saturated rings. The van der Waals surface area contributed by atoms with Crippen molar-refractivity contribution in [3.05, 3.63) is 47.5 Å². The van der Waals surface area contributed by atoms with Gasteiger partial charge in [-0.15, -0.1) is 0 Å². The zero-order valence-corrected chi connectivity index (χ0v) is 31.9. The summed E-state index contributed by atoms with van der Waals surface area (Å²) in [4.78, 5) is 24.9. The molecule has 0 aromatic heterocycles. The van der Waals surface area contributed by atoms with Gasteiger partial charge in [0.25, 0.3) is 0 Å². The number of aliphatic hydroxyl groups is 3. The number of carbonyl (C=O) groups is 2. The molecule has 6 rings (SSSR count). The first-order valence-electron chi connectivity index (χ1n) is 20.5. The molecule has 3 N–H and O–H groups in total. The molecule has 4 aliphatic carbocycles. The van der Waals surface area contributed by atoms with E-state index in [1.165, 1.54) is 57.1 Å². The smallest absolute Gasteiger partial charge is 0.331 e. The molecule has 9 atom stereocenters. The van der Waals surface area contributed by atoms with E-state index in [1.54, 1.807) is 0 Å². The lowest BCUT2D eigenvalue weighted by molar-refractivity contribution is -0.327. The fraction of sp³-hybridized carbons (Fsp3) is 0.773. The predicted molar refractivity (Wildman–Crippen MR) is 198 cm³/mol. The number of aryl methyl sites for hydroxylation is 1. The zero-order valence-electron chi connectivity index (χ0n) is 31.9. The number of cyclic esters (lactones) is 1. The van der Waals surface area contributed by atoms with Gasteiger partial charge in [-0.3, -0.25) is 4.79 Å². The van der Waals surface area contributed by atoms with E-state index in [1.807, 2.05) is 13.0 Å². The van der Waals surface area contributed by atoms with Crippen molar-refractivity contribution in [2.45, 2.75) is 167 Å². The molecule has 7 nitrogen and oxygen atoms in total. The highest BCUT2D eigenvalue weighted by molar-refractivity contribution is 5.85. The van der Waals surface area contributed by atoms with E-state index in [0.717, 1.165) is 50.5 Å². The molecule has 0 radical (unpaired) electrons. The lowest BCUT2D eigenvalue weighted by Crippen LogP contribution is -2.77. The van der Waals surface area contributed by atoms with Gasteiger partial charge in [-0.1, -0.05) is 70.4 Å². The lowest BCUT2D eigenvalue weighted by Gasteiger charge is -2.70. The van der Waals surface area contributed by atoms with Crippen molar-refractivity contribution in [3.8, 4) is 0 Å². The minimum Gasteiger partial charge on any atom is -0.462 e. The monoisotopic (exact) mass is 706 g/mol. The maximum absolute atomic E-state index is 13.4. The Labute approximate surface area is 307 Å². The summed E-state index contributed by atoms with van der Waals surface area (Å²) in [6, 6.07) is 10.5. The van der Waals surface area contributed by atoms with E-state index < -0.39 is 35.2 Å². The predicted octanol–water partition coefficient (Wildman–Crippen LogP) is 8.27. The van der Waals surface area contributed by atoms with Gasteiger partial charge in [-0.2, -0.15) is 0 Å². The van der Waals surface area contributed by atoms with Crippen LogP contribution >= 0.6 is 0 Å². The molecular weight excluding hydrogens is 640 g/mol. The average Bonchev–Trinajstić information content (AvgIpc) is 3.75. The van der Waals surface area contributed by atoms with Gasteiger partial charge in [0.15, 0.2) is 0 Å². The van der Waals surface area contributed by atoms with Crippen molar-refractivity contribution in [1.29, 1.82) is 0 Å². The molecule has 1 heterocycles. The Morgan fingerprint density at radius 1 is 1.00 bits per heavy atom. The van der Waals surface area contributed by atoms with Gasteiger partial charge in [0.2, 0.25) is 0 Å². The number of hydrogen-bond acceptors (Lipinski definition) is 7. The number of ether oxygens (including phenoxy) is 2. The standard InChI is InChI=1S/C44H66O7/c1-30(11-10-14-33-12-6-5-7-13-33)15-16-37(46)44-38(47)20-23-41(4,35-18-24-42(25-19-35)21-8-9-22-42)40(44)36(51-32(3)45)27-31(2)43(44,49)26-17-34-28-39(48)50-29-34/h5-7,12-13,28,30-31,35-38,40,46-47,49H,8-11,14-27,29H2,1-4H3. The molecule has 0 saturated heterocycles. The van der Waals surface area contributed by atoms with Crippen molar-refractivity contribution < 1.29 is 34.4 Å². The molecule has 1 spiro atoms. The second-order valence-corrected chi connectivity index (χ2v) is 18.1. The third-order valence-corrected chi connectivity index (χ3v) is 15.3. The number of rotatable bonds is 13. The highest BCUT2D eigenvalue weighted by Gasteiger charge is 2.74. The minimum absolute atomic E-state index is 0.211. The van der Waals surface area contributed by atoms with E-state index in [2.05, 4.69) is 38.1 Å². The Morgan fingerprint density at radius 3 is 2.35 bits per heavy atom. The van der Waals surface area contributed by atoms with E-state index >= 15 is 0 Å². The van der Waals surface area contributed by atoms with Gasteiger partial charge in [-0.25, -0.2) is 4.79 Å². The molecule has 284 valence electrons. The number of esters is 2. The van der Waals surface area contributed by atoms with E-state index in [9.17, 15) is 24.9 Å². The topological polar surface area (TPSA) is 113 Å². The van der Waals surface area contributed by atoms with Crippen molar-refractivity contribution in [2.75, 3.05) is 6.61 Å². The van der Waals surface area contributed by atoms with Crippen LogP contribution in [0.5, 0.6) is 0 Å². The first kappa shape index (κ1) is 38.5. The summed E-state index contributed by atoms with van der Waals surface area (Å²) in [7, 11) is 0. The number of benzene rings is 1. The molecule has 1 aromatic carbocycles. The van der Waals surface area contributed by atoms with Crippen LogP contribution in [0.1, 0.15) is 142 Å². The molecule has 51 heavy (non-hydrogen) atoms. The molecule has 7 heteroatoms. The average molecular weight is 707 g/mol. The Morgan fingerprint density at radius 2 is 1.71 bits per heavy atom. The van der Waals surface area contributed by atoms with Gasteiger partial charge >= 0.3 is 11.9 Å². The van der Waals surface area contributed by atoms with Gasteiger partial charge in [0, 0.05) is 18.9 Å².